The van der Waals surface area contributed by atoms with Gasteiger partial charge >= 0.3 is 0 Å². The summed E-state index contributed by atoms with van der Waals surface area (Å²) in [6, 6.07) is 28.0. The summed E-state index contributed by atoms with van der Waals surface area (Å²) in [6.45, 7) is 1.60. The molecule has 4 rings (SSSR count). The van der Waals surface area contributed by atoms with E-state index in [-0.39, 0.29) is 34.5 Å². The summed E-state index contributed by atoms with van der Waals surface area (Å²) in [6.07, 6.45) is 0.222. The molecule has 1 N–H and O–H groups in total. The normalized spacial score (nSPS) is 11.9. The van der Waals surface area contributed by atoms with E-state index in [1.165, 1.54) is 35.2 Å². The molecule has 0 spiro atoms. The highest BCUT2D eigenvalue weighted by atomic mass is 79.9. The molecule has 43 heavy (non-hydrogen) atoms. The zero-order valence-corrected chi connectivity index (χ0v) is 27.2. The van der Waals surface area contributed by atoms with Crippen LogP contribution < -0.4 is 9.62 Å². The molecular weight excluding hydrogens is 673 g/mol. The van der Waals surface area contributed by atoms with Crippen LogP contribution >= 0.6 is 39.1 Å². The number of hydrogen-bond acceptors (Lipinski definition) is 4. The Labute approximate surface area is 270 Å². The topological polar surface area (TPSA) is 86.8 Å². The van der Waals surface area contributed by atoms with Gasteiger partial charge in [-0.3, -0.25) is 13.9 Å². The van der Waals surface area contributed by atoms with Crippen LogP contribution in [-0.2, 0) is 32.6 Å². The molecule has 0 bridgehead atoms. The van der Waals surface area contributed by atoms with Crippen LogP contribution in [0.3, 0.4) is 0 Å². The molecule has 0 aromatic heterocycles. The summed E-state index contributed by atoms with van der Waals surface area (Å²) < 4.78 is 29.8. The van der Waals surface area contributed by atoms with Crippen molar-refractivity contribution in [3.05, 3.63) is 129 Å². The van der Waals surface area contributed by atoms with E-state index in [1.54, 1.807) is 25.1 Å². The van der Waals surface area contributed by atoms with E-state index < -0.39 is 28.5 Å². The predicted octanol–water partition coefficient (Wildman–Crippen LogP) is 6.73. The van der Waals surface area contributed by atoms with Crippen molar-refractivity contribution in [3.8, 4) is 0 Å². The van der Waals surface area contributed by atoms with E-state index >= 15 is 0 Å². The number of sulfonamides is 1. The summed E-state index contributed by atoms with van der Waals surface area (Å²) in [4.78, 5) is 29.3. The lowest BCUT2D eigenvalue weighted by Gasteiger charge is -2.34. The summed E-state index contributed by atoms with van der Waals surface area (Å²) in [5.41, 5.74) is 1.69. The van der Waals surface area contributed by atoms with Gasteiger partial charge in [0.2, 0.25) is 11.8 Å². The Morgan fingerprint density at radius 2 is 1.51 bits per heavy atom. The van der Waals surface area contributed by atoms with Crippen molar-refractivity contribution < 1.29 is 18.0 Å². The van der Waals surface area contributed by atoms with E-state index in [2.05, 4.69) is 21.2 Å². The molecule has 11 heteroatoms. The Bertz CT molecular complexity index is 1670. The van der Waals surface area contributed by atoms with Gasteiger partial charge in [-0.25, -0.2) is 8.42 Å². The van der Waals surface area contributed by atoms with E-state index in [1.807, 2.05) is 54.6 Å². The molecule has 0 aliphatic heterocycles. The maximum atomic E-state index is 14.4. The smallest absolute Gasteiger partial charge is 0.264 e. The molecular formula is C32H30BrCl2N3O4S. The minimum atomic E-state index is -4.26. The molecule has 1 atom stereocenters. The number of carbonyl (C=O) groups is 2. The number of nitrogens with zero attached hydrogens (tertiary/aromatic N) is 2. The van der Waals surface area contributed by atoms with Crippen LogP contribution in [0.15, 0.2) is 112 Å². The van der Waals surface area contributed by atoms with Gasteiger partial charge in [-0.15, -0.1) is 0 Å². The van der Waals surface area contributed by atoms with E-state index in [4.69, 9.17) is 23.2 Å². The number of carbonyl (C=O) groups excluding carboxylic acids is 2. The lowest BCUT2D eigenvalue weighted by molar-refractivity contribution is -0.140. The Morgan fingerprint density at radius 3 is 2.14 bits per heavy atom. The molecule has 0 unspecified atom stereocenters. The Kier molecular flexibility index (Phi) is 11.3. The first-order chi connectivity index (χ1) is 20.6. The minimum absolute atomic E-state index is 0.0167. The monoisotopic (exact) mass is 701 g/mol. The Morgan fingerprint density at radius 1 is 0.860 bits per heavy atom. The number of halogens is 3. The summed E-state index contributed by atoms with van der Waals surface area (Å²) in [7, 11) is -4.26. The molecule has 0 heterocycles. The van der Waals surface area contributed by atoms with Crippen LogP contribution in [0.25, 0.3) is 0 Å². The molecule has 0 fully saturated rings. The third-order valence-electron chi connectivity index (χ3n) is 6.65. The van der Waals surface area contributed by atoms with Crippen molar-refractivity contribution >= 4 is 66.7 Å². The van der Waals surface area contributed by atoms with Gasteiger partial charge in [-0.2, -0.15) is 0 Å². The summed E-state index contributed by atoms with van der Waals surface area (Å²) in [5, 5.41) is 3.22. The zero-order chi connectivity index (χ0) is 31.0. The van der Waals surface area contributed by atoms with Crippen LogP contribution in [0, 0.1) is 0 Å². The fourth-order valence-electron chi connectivity index (χ4n) is 4.59. The van der Waals surface area contributed by atoms with Gasteiger partial charge in [-0.05, 0) is 60.5 Å². The number of hydrogen-bond donors (Lipinski definition) is 1. The molecule has 0 aliphatic rings. The van der Waals surface area contributed by atoms with Crippen molar-refractivity contribution in [2.75, 3.05) is 17.4 Å². The number of anilines is 1. The Hall–Kier alpha value is -3.37. The van der Waals surface area contributed by atoms with Crippen molar-refractivity contribution in [1.82, 2.24) is 10.2 Å². The first kappa shape index (κ1) is 32.5. The predicted molar refractivity (Wildman–Crippen MR) is 175 cm³/mol. The van der Waals surface area contributed by atoms with E-state index in [0.29, 0.717) is 11.6 Å². The number of benzene rings is 4. The van der Waals surface area contributed by atoms with Crippen LogP contribution in [-0.4, -0.2) is 44.3 Å². The molecule has 0 saturated carbocycles. The van der Waals surface area contributed by atoms with Crippen molar-refractivity contribution in [3.63, 3.8) is 0 Å². The van der Waals surface area contributed by atoms with Crippen molar-refractivity contribution in [1.29, 1.82) is 0 Å². The number of rotatable bonds is 12. The molecule has 4 aromatic rings. The second kappa shape index (κ2) is 14.9. The van der Waals surface area contributed by atoms with Gasteiger partial charge in [0, 0.05) is 29.0 Å². The van der Waals surface area contributed by atoms with Crippen LogP contribution in [0.1, 0.15) is 18.1 Å². The number of likely N-dealkylation sites (N-methyl/N-ethyl adjacent to an activating group) is 1. The first-order valence-corrected chi connectivity index (χ1v) is 16.5. The SMILES string of the molecule is CCNC(=O)[C@H](Cc1ccccc1)N(Cc1cccc(Br)c1)C(=O)CN(c1ccc(Cl)cc1Cl)S(=O)(=O)c1ccccc1. The maximum absolute atomic E-state index is 14.4. The second-order valence-corrected chi connectivity index (χ2v) is 13.3. The fourth-order valence-corrected chi connectivity index (χ4v) is 7.06. The average molecular weight is 703 g/mol. The van der Waals surface area contributed by atoms with Gasteiger partial charge < -0.3 is 10.2 Å². The average Bonchev–Trinajstić information content (AvgIpc) is 2.99. The van der Waals surface area contributed by atoms with Crippen LogP contribution in [0.4, 0.5) is 5.69 Å². The van der Waals surface area contributed by atoms with Crippen LogP contribution in [0.2, 0.25) is 10.0 Å². The van der Waals surface area contributed by atoms with Gasteiger partial charge in [-0.1, -0.05) is 99.8 Å². The Balaban J connectivity index is 1.81. The molecule has 2 amide bonds. The lowest BCUT2D eigenvalue weighted by atomic mass is 10.0. The second-order valence-electron chi connectivity index (χ2n) is 9.67. The van der Waals surface area contributed by atoms with Gasteiger partial charge in [0.05, 0.1) is 15.6 Å². The zero-order valence-electron chi connectivity index (χ0n) is 23.3. The molecule has 0 saturated heterocycles. The van der Waals surface area contributed by atoms with Crippen LogP contribution in [0.5, 0.6) is 0 Å². The number of nitrogens with one attached hydrogen (secondary N) is 1. The van der Waals surface area contributed by atoms with Gasteiger partial charge in [0.25, 0.3) is 10.0 Å². The molecule has 0 aliphatic carbocycles. The van der Waals surface area contributed by atoms with Crippen molar-refractivity contribution in [2.24, 2.45) is 0 Å². The molecule has 0 radical (unpaired) electrons. The fraction of sp³-hybridized carbons (Fsp3) is 0.188. The molecule has 4 aromatic carbocycles. The minimum Gasteiger partial charge on any atom is -0.355 e. The first-order valence-electron chi connectivity index (χ1n) is 13.5. The summed E-state index contributed by atoms with van der Waals surface area (Å²) in [5.74, 6) is -0.936. The maximum Gasteiger partial charge on any atom is 0.264 e. The molecule has 224 valence electrons. The highest BCUT2D eigenvalue weighted by molar-refractivity contribution is 9.10. The number of amides is 2. The van der Waals surface area contributed by atoms with Crippen molar-refractivity contribution in [2.45, 2.75) is 30.8 Å². The largest absolute Gasteiger partial charge is 0.355 e. The third-order valence-corrected chi connectivity index (χ3v) is 9.46. The standard InChI is InChI=1S/C32H30BrCl2N3O4S/c1-2-36-32(40)30(19-23-10-5-3-6-11-23)37(21-24-12-9-13-25(33)18-24)31(39)22-38(29-17-16-26(34)20-28(29)35)43(41,42)27-14-7-4-8-15-27/h3-18,20,30H,2,19,21-22H2,1H3,(H,36,40)/t30-/m0/s1. The van der Waals surface area contributed by atoms with E-state index in [9.17, 15) is 18.0 Å². The lowest BCUT2D eigenvalue weighted by Crippen LogP contribution is -2.53. The highest BCUT2D eigenvalue weighted by Crippen LogP contribution is 2.33. The highest BCUT2D eigenvalue weighted by Gasteiger charge is 2.35. The van der Waals surface area contributed by atoms with Gasteiger partial charge in [0.15, 0.2) is 0 Å². The summed E-state index contributed by atoms with van der Waals surface area (Å²) >= 11 is 16.1. The quantitative estimate of drug-likeness (QED) is 0.178. The van der Waals surface area contributed by atoms with E-state index in [0.717, 1.165) is 19.9 Å². The molecule has 7 nitrogen and oxygen atoms in total. The van der Waals surface area contributed by atoms with Gasteiger partial charge in [0.1, 0.15) is 12.6 Å². The third kappa shape index (κ3) is 8.38.